The van der Waals surface area contributed by atoms with Crippen LogP contribution in [0.15, 0.2) is 22.8 Å². The Kier molecular flexibility index (Phi) is 9.50. The summed E-state index contributed by atoms with van der Waals surface area (Å²) in [6.45, 7) is 8.57. The van der Waals surface area contributed by atoms with Crippen LogP contribution in [0.4, 0.5) is 10.3 Å². The van der Waals surface area contributed by atoms with E-state index >= 15 is 0 Å². The van der Waals surface area contributed by atoms with E-state index in [1.807, 2.05) is 19.1 Å². The maximum Gasteiger partial charge on any atom is 0.228 e. The lowest BCUT2D eigenvalue weighted by Gasteiger charge is -2.31. The number of anilines is 2. The summed E-state index contributed by atoms with van der Waals surface area (Å²) in [5, 5.41) is 13.1. The van der Waals surface area contributed by atoms with E-state index in [0.29, 0.717) is 37.7 Å². The third kappa shape index (κ3) is 7.25. The largest absolute Gasteiger partial charge is 0.468 e. The van der Waals surface area contributed by atoms with Gasteiger partial charge in [-0.15, -0.1) is 10.2 Å². The first-order chi connectivity index (χ1) is 17.1. The summed E-state index contributed by atoms with van der Waals surface area (Å²) in [4.78, 5) is 31.1. The summed E-state index contributed by atoms with van der Waals surface area (Å²) in [6, 6.07) is 3.87. The van der Waals surface area contributed by atoms with E-state index in [1.54, 1.807) is 11.2 Å². The predicted octanol–water partition coefficient (Wildman–Crippen LogP) is 2.52. The van der Waals surface area contributed by atoms with Crippen molar-refractivity contribution >= 4 is 33.4 Å². The molecule has 2 aromatic rings. The number of nitrogens with zero attached hydrogens (tertiary/aromatic N) is 5. The average Bonchev–Trinajstić information content (AvgIpc) is 3.64. The molecule has 10 nitrogen and oxygen atoms in total. The number of rotatable bonds is 13. The van der Waals surface area contributed by atoms with E-state index in [1.165, 1.54) is 11.3 Å². The fourth-order valence-electron chi connectivity index (χ4n) is 4.57. The van der Waals surface area contributed by atoms with Gasteiger partial charge in [-0.05, 0) is 44.7 Å². The average molecular weight is 505 g/mol. The summed E-state index contributed by atoms with van der Waals surface area (Å²) in [5.74, 6) is 1.03. The normalized spacial score (nSPS) is 18.6. The molecule has 0 bridgehead atoms. The molecular weight excluding hydrogens is 468 g/mol. The van der Waals surface area contributed by atoms with Crippen LogP contribution in [-0.2, 0) is 20.9 Å². The van der Waals surface area contributed by atoms with Crippen molar-refractivity contribution in [2.75, 3.05) is 62.3 Å². The molecule has 192 valence electrons. The Morgan fingerprint density at radius 3 is 2.94 bits per heavy atom. The highest BCUT2D eigenvalue weighted by atomic mass is 32.1. The van der Waals surface area contributed by atoms with Crippen molar-refractivity contribution in [3.63, 3.8) is 0 Å². The third-order valence-corrected chi connectivity index (χ3v) is 7.43. The summed E-state index contributed by atoms with van der Waals surface area (Å²) in [7, 11) is 0. The van der Waals surface area contributed by atoms with Crippen molar-refractivity contribution < 1.29 is 18.7 Å². The van der Waals surface area contributed by atoms with E-state index < -0.39 is 0 Å². The van der Waals surface area contributed by atoms with Gasteiger partial charge in [0.25, 0.3) is 0 Å². The molecule has 4 heterocycles. The number of nitrogens with one attached hydrogen (secondary N) is 1. The monoisotopic (exact) mass is 504 g/mol. The van der Waals surface area contributed by atoms with Gasteiger partial charge in [-0.25, -0.2) is 0 Å². The van der Waals surface area contributed by atoms with E-state index in [4.69, 9.17) is 9.15 Å². The molecule has 2 saturated heterocycles. The van der Waals surface area contributed by atoms with Crippen LogP contribution in [0.3, 0.4) is 0 Å². The zero-order valence-electron chi connectivity index (χ0n) is 20.5. The summed E-state index contributed by atoms with van der Waals surface area (Å²) in [6.07, 6.45) is 5.86. The fraction of sp³-hybridized carbons (Fsp3) is 0.667. The number of ether oxygens (including phenoxy) is 1. The number of hydrogen-bond donors (Lipinski definition) is 1. The first-order valence-corrected chi connectivity index (χ1v) is 13.4. The van der Waals surface area contributed by atoms with Crippen molar-refractivity contribution in [1.82, 2.24) is 20.4 Å². The van der Waals surface area contributed by atoms with Gasteiger partial charge in [0.05, 0.1) is 18.7 Å². The quantitative estimate of drug-likeness (QED) is 0.415. The molecule has 1 atom stereocenters. The van der Waals surface area contributed by atoms with Crippen LogP contribution in [0, 0.1) is 5.92 Å². The standard InChI is InChI=1S/C24H36N6O4S/c1-2-33-15-6-11-28(18-20-8-5-16-34-20)14-10-25-22(32)19-7-3-12-29(17-19)23-26-27-24(35-23)30-13-4-9-21(30)31/h5,8,16,19H,2-4,6-7,9-15,17-18H2,1H3,(H,25,32)/t19-/m0/s1. The Balaban J connectivity index is 1.24. The second-order valence-electron chi connectivity index (χ2n) is 9.00. The molecule has 0 aliphatic carbocycles. The van der Waals surface area contributed by atoms with E-state index in [-0.39, 0.29) is 17.7 Å². The third-order valence-electron chi connectivity index (χ3n) is 6.42. The Hall–Kier alpha value is -2.50. The van der Waals surface area contributed by atoms with Gasteiger partial charge in [-0.1, -0.05) is 11.3 Å². The van der Waals surface area contributed by atoms with Crippen molar-refractivity contribution in [2.45, 2.75) is 45.6 Å². The SMILES string of the molecule is CCOCCCN(CCNC(=O)[C@H]1CCCN(c2nnc(N3CCCC3=O)s2)C1)Cc1ccco1. The predicted molar refractivity (Wildman–Crippen MR) is 135 cm³/mol. The zero-order valence-corrected chi connectivity index (χ0v) is 21.3. The van der Waals surface area contributed by atoms with Crippen molar-refractivity contribution in [3.05, 3.63) is 24.2 Å². The minimum absolute atomic E-state index is 0.0824. The summed E-state index contributed by atoms with van der Waals surface area (Å²) in [5.41, 5.74) is 0. The number of carbonyl (C=O) groups is 2. The molecule has 2 fully saturated rings. The molecule has 0 spiro atoms. The lowest BCUT2D eigenvalue weighted by atomic mass is 9.97. The second kappa shape index (κ2) is 13.0. The minimum atomic E-state index is -0.0824. The van der Waals surface area contributed by atoms with Crippen LogP contribution >= 0.6 is 11.3 Å². The Bertz CT molecular complexity index is 936. The molecule has 0 aromatic carbocycles. The molecule has 2 amide bonds. The highest BCUT2D eigenvalue weighted by molar-refractivity contribution is 7.19. The first kappa shape index (κ1) is 25.6. The molecule has 35 heavy (non-hydrogen) atoms. The lowest BCUT2D eigenvalue weighted by Crippen LogP contribution is -2.44. The Morgan fingerprint density at radius 1 is 1.29 bits per heavy atom. The number of amides is 2. The van der Waals surface area contributed by atoms with Crippen LogP contribution in [0.1, 0.15) is 44.8 Å². The van der Waals surface area contributed by atoms with Gasteiger partial charge in [-0.3, -0.25) is 19.4 Å². The van der Waals surface area contributed by atoms with Gasteiger partial charge in [0, 0.05) is 58.9 Å². The highest BCUT2D eigenvalue weighted by Crippen LogP contribution is 2.32. The lowest BCUT2D eigenvalue weighted by molar-refractivity contribution is -0.125. The maximum atomic E-state index is 12.9. The minimum Gasteiger partial charge on any atom is -0.468 e. The maximum absolute atomic E-state index is 12.9. The van der Waals surface area contributed by atoms with Gasteiger partial charge in [0.1, 0.15) is 5.76 Å². The van der Waals surface area contributed by atoms with Crippen molar-refractivity contribution in [1.29, 1.82) is 0 Å². The topological polar surface area (TPSA) is 104 Å². The Labute approximate surface area is 210 Å². The molecule has 4 rings (SSSR count). The molecule has 2 aliphatic rings. The van der Waals surface area contributed by atoms with Crippen LogP contribution in [0.2, 0.25) is 0 Å². The molecule has 11 heteroatoms. The molecule has 1 N–H and O–H groups in total. The van der Waals surface area contributed by atoms with Crippen LogP contribution in [0.5, 0.6) is 0 Å². The zero-order chi connectivity index (χ0) is 24.5. The molecule has 0 radical (unpaired) electrons. The van der Waals surface area contributed by atoms with Crippen LogP contribution in [0.25, 0.3) is 0 Å². The first-order valence-electron chi connectivity index (χ1n) is 12.6. The molecule has 0 unspecified atom stereocenters. The molecule has 2 aliphatic heterocycles. The molecule has 0 saturated carbocycles. The van der Waals surface area contributed by atoms with Gasteiger partial charge < -0.3 is 19.4 Å². The number of furan rings is 1. The van der Waals surface area contributed by atoms with Gasteiger partial charge in [0.2, 0.25) is 22.1 Å². The van der Waals surface area contributed by atoms with Crippen molar-refractivity contribution in [2.24, 2.45) is 5.92 Å². The summed E-state index contributed by atoms with van der Waals surface area (Å²) >= 11 is 1.44. The number of hydrogen-bond acceptors (Lipinski definition) is 9. The second-order valence-corrected chi connectivity index (χ2v) is 9.93. The van der Waals surface area contributed by atoms with Crippen molar-refractivity contribution in [3.8, 4) is 0 Å². The van der Waals surface area contributed by atoms with E-state index in [9.17, 15) is 9.59 Å². The van der Waals surface area contributed by atoms with E-state index in [2.05, 4.69) is 25.3 Å². The van der Waals surface area contributed by atoms with Crippen LogP contribution < -0.4 is 15.1 Å². The van der Waals surface area contributed by atoms with Crippen LogP contribution in [-0.4, -0.2) is 79.4 Å². The summed E-state index contributed by atoms with van der Waals surface area (Å²) < 4.78 is 11.0. The highest BCUT2D eigenvalue weighted by Gasteiger charge is 2.30. The van der Waals surface area contributed by atoms with Gasteiger partial charge in [0.15, 0.2) is 0 Å². The molecule has 2 aromatic heterocycles. The number of carbonyl (C=O) groups excluding carboxylic acids is 2. The number of piperidine rings is 1. The number of aromatic nitrogens is 2. The van der Waals surface area contributed by atoms with E-state index in [0.717, 1.165) is 69.4 Å². The molecular formula is C24H36N6O4S. The Morgan fingerprint density at radius 2 is 2.17 bits per heavy atom. The fourth-order valence-corrected chi connectivity index (χ4v) is 5.49. The smallest absolute Gasteiger partial charge is 0.228 e. The van der Waals surface area contributed by atoms with Gasteiger partial charge in [-0.2, -0.15) is 0 Å². The van der Waals surface area contributed by atoms with Gasteiger partial charge >= 0.3 is 0 Å².